The zero-order valence-electron chi connectivity index (χ0n) is 19.8. The number of amides is 2. The number of carbonyl (C=O) groups excluding carboxylic acids is 2. The fraction of sp³-hybridized carbons (Fsp3) is 0.310. The SMILES string of the molecule is C=CCN(CC(=O)N1CCc2sccc2C1c1ccccc1)C(=O)c1ccc(CCCC)cc1. The molecule has 0 fully saturated rings. The molecule has 1 aliphatic heterocycles. The zero-order chi connectivity index (χ0) is 23.9. The molecule has 1 unspecified atom stereocenters. The molecule has 1 atom stereocenters. The van der Waals surface area contributed by atoms with E-state index < -0.39 is 0 Å². The standard InChI is InChI=1S/C29H32N2O2S/c1-3-5-9-22-12-14-24(15-13-22)29(33)30(18-4-2)21-27(32)31-19-16-26-25(17-20-34-26)28(31)23-10-7-6-8-11-23/h4,6-8,10-15,17,20,28H,2-3,5,9,16,18-19,21H2,1H3. The van der Waals surface area contributed by atoms with Crippen LogP contribution in [0.2, 0.25) is 0 Å². The lowest BCUT2D eigenvalue weighted by Crippen LogP contribution is -2.46. The highest BCUT2D eigenvalue weighted by atomic mass is 32.1. The van der Waals surface area contributed by atoms with E-state index in [0.717, 1.165) is 31.2 Å². The summed E-state index contributed by atoms with van der Waals surface area (Å²) < 4.78 is 0. The van der Waals surface area contributed by atoms with Crippen LogP contribution in [0, 0.1) is 0 Å². The molecule has 0 radical (unpaired) electrons. The molecule has 0 bridgehead atoms. The average Bonchev–Trinajstić information content (AvgIpc) is 3.36. The summed E-state index contributed by atoms with van der Waals surface area (Å²) in [4.78, 5) is 31.8. The second-order valence-corrected chi connectivity index (χ2v) is 9.72. The van der Waals surface area contributed by atoms with Gasteiger partial charge in [-0.25, -0.2) is 0 Å². The zero-order valence-corrected chi connectivity index (χ0v) is 20.6. The Morgan fingerprint density at radius 2 is 1.88 bits per heavy atom. The second-order valence-electron chi connectivity index (χ2n) is 8.72. The van der Waals surface area contributed by atoms with Crippen LogP contribution in [0.5, 0.6) is 0 Å². The van der Waals surface area contributed by atoms with Crippen molar-refractivity contribution >= 4 is 23.2 Å². The Labute approximate surface area is 206 Å². The van der Waals surface area contributed by atoms with Crippen LogP contribution >= 0.6 is 11.3 Å². The van der Waals surface area contributed by atoms with Crippen molar-refractivity contribution in [2.75, 3.05) is 19.6 Å². The first-order chi connectivity index (χ1) is 16.6. The molecule has 0 spiro atoms. The van der Waals surface area contributed by atoms with Gasteiger partial charge in [-0.1, -0.05) is 61.9 Å². The molecule has 2 aromatic carbocycles. The van der Waals surface area contributed by atoms with Gasteiger partial charge in [0.1, 0.15) is 6.54 Å². The highest BCUT2D eigenvalue weighted by molar-refractivity contribution is 7.10. The van der Waals surface area contributed by atoms with Crippen LogP contribution in [-0.4, -0.2) is 41.2 Å². The Hall–Kier alpha value is -3.18. The molecular weight excluding hydrogens is 440 g/mol. The number of benzene rings is 2. The first-order valence-corrected chi connectivity index (χ1v) is 12.9. The van der Waals surface area contributed by atoms with Crippen molar-refractivity contribution in [1.29, 1.82) is 0 Å². The predicted octanol–water partition coefficient (Wildman–Crippen LogP) is 5.89. The molecule has 0 N–H and O–H groups in total. The van der Waals surface area contributed by atoms with E-state index in [-0.39, 0.29) is 24.4 Å². The summed E-state index contributed by atoms with van der Waals surface area (Å²) in [7, 11) is 0. The number of hydrogen-bond acceptors (Lipinski definition) is 3. The smallest absolute Gasteiger partial charge is 0.254 e. The van der Waals surface area contributed by atoms with Crippen molar-refractivity contribution in [1.82, 2.24) is 9.80 Å². The largest absolute Gasteiger partial charge is 0.330 e. The highest BCUT2D eigenvalue weighted by Crippen LogP contribution is 2.37. The average molecular weight is 473 g/mol. The Kier molecular flexibility index (Phi) is 7.96. The Bertz CT molecular complexity index is 1120. The van der Waals surface area contributed by atoms with Gasteiger partial charge in [0.15, 0.2) is 0 Å². The number of rotatable bonds is 9. The van der Waals surface area contributed by atoms with Crippen LogP contribution in [0.4, 0.5) is 0 Å². The summed E-state index contributed by atoms with van der Waals surface area (Å²) in [5.41, 5.74) is 4.13. The van der Waals surface area contributed by atoms with E-state index in [1.165, 1.54) is 16.0 Å². The van der Waals surface area contributed by atoms with E-state index in [0.29, 0.717) is 18.7 Å². The second kappa shape index (κ2) is 11.3. The predicted molar refractivity (Wildman–Crippen MR) is 139 cm³/mol. The van der Waals surface area contributed by atoms with Crippen molar-refractivity contribution in [2.45, 2.75) is 38.6 Å². The van der Waals surface area contributed by atoms with Crippen LogP contribution in [-0.2, 0) is 17.6 Å². The number of thiophene rings is 1. The molecule has 5 heteroatoms. The summed E-state index contributed by atoms with van der Waals surface area (Å²) in [6.07, 6.45) is 5.82. The first kappa shape index (κ1) is 24.0. The van der Waals surface area contributed by atoms with E-state index in [1.807, 2.05) is 47.4 Å². The van der Waals surface area contributed by atoms with Gasteiger partial charge < -0.3 is 9.80 Å². The third-order valence-corrected chi connectivity index (χ3v) is 7.38. The molecule has 1 aliphatic rings. The van der Waals surface area contributed by atoms with Gasteiger partial charge >= 0.3 is 0 Å². The van der Waals surface area contributed by atoms with Crippen molar-refractivity contribution < 1.29 is 9.59 Å². The summed E-state index contributed by atoms with van der Waals surface area (Å²) in [6.45, 7) is 6.99. The van der Waals surface area contributed by atoms with Crippen LogP contribution in [0.15, 0.2) is 78.7 Å². The lowest BCUT2D eigenvalue weighted by atomic mass is 9.93. The molecule has 2 amide bonds. The Morgan fingerprint density at radius 3 is 2.59 bits per heavy atom. The third-order valence-electron chi connectivity index (χ3n) is 6.38. The Balaban J connectivity index is 1.53. The van der Waals surface area contributed by atoms with Gasteiger partial charge in [0, 0.05) is 23.5 Å². The molecule has 1 aromatic heterocycles. The molecule has 2 heterocycles. The Morgan fingerprint density at radius 1 is 1.12 bits per heavy atom. The van der Waals surface area contributed by atoms with Gasteiger partial charge in [-0.3, -0.25) is 9.59 Å². The van der Waals surface area contributed by atoms with Gasteiger partial charge in [-0.15, -0.1) is 17.9 Å². The van der Waals surface area contributed by atoms with Crippen LogP contribution in [0.1, 0.15) is 57.7 Å². The summed E-state index contributed by atoms with van der Waals surface area (Å²) in [5.74, 6) is -0.180. The van der Waals surface area contributed by atoms with Crippen molar-refractivity contribution in [3.63, 3.8) is 0 Å². The molecule has 176 valence electrons. The summed E-state index contributed by atoms with van der Waals surface area (Å²) in [5, 5.41) is 2.10. The van der Waals surface area contributed by atoms with Gasteiger partial charge in [-0.05, 0) is 59.5 Å². The number of aryl methyl sites for hydroxylation is 1. The van der Waals surface area contributed by atoms with Gasteiger partial charge in [0.2, 0.25) is 5.91 Å². The van der Waals surface area contributed by atoms with E-state index in [4.69, 9.17) is 0 Å². The van der Waals surface area contributed by atoms with E-state index in [9.17, 15) is 9.59 Å². The van der Waals surface area contributed by atoms with Crippen molar-refractivity contribution in [2.24, 2.45) is 0 Å². The van der Waals surface area contributed by atoms with E-state index in [1.54, 1.807) is 22.3 Å². The minimum Gasteiger partial charge on any atom is -0.330 e. The lowest BCUT2D eigenvalue weighted by Gasteiger charge is -2.37. The molecule has 0 saturated heterocycles. The molecule has 34 heavy (non-hydrogen) atoms. The molecule has 4 nitrogen and oxygen atoms in total. The van der Waals surface area contributed by atoms with Gasteiger partial charge in [0.05, 0.1) is 6.04 Å². The van der Waals surface area contributed by atoms with Crippen molar-refractivity contribution in [3.05, 3.63) is 106 Å². The lowest BCUT2D eigenvalue weighted by molar-refractivity contribution is -0.133. The van der Waals surface area contributed by atoms with Crippen LogP contribution < -0.4 is 0 Å². The minimum absolute atomic E-state index is 0.0330. The van der Waals surface area contributed by atoms with E-state index in [2.05, 4.69) is 37.1 Å². The van der Waals surface area contributed by atoms with Crippen molar-refractivity contribution in [3.8, 4) is 0 Å². The van der Waals surface area contributed by atoms with E-state index >= 15 is 0 Å². The normalized spacial score (nSPS) is 15.0. The fourth-order valence-corrected chi connectivity index (χ4v) is 5.49. The highest BCUT2D eigenvalue weighted by Gasteiger charge is 2.33. The molecule has 4 rings (SSSR count). The van der Waals surface area contributed by atoms with Crippen LogP contribution in [0.25, 0.3) is 0 Å². The monoisotopic (exact) mass is 472 g/mol. The maximum absolute atomic E-state index is 13.6. The number of nitrogens with zero attached hydrogens (tertiary/aromatic N) is 2. The number of hydrogen-bond donors (Lipinski definition) is 0. The molecule has 0 aliphatic carbocycles. The fourth-order valence-electron chi connectivity index (χ4n) is 4.59. The maximum Gasteiger partial charge on any atom is 0.254 e. The summed E-state index contributed by atoms with van der Waals surface area (Å²) >= 11 is 1.75. The minimum atomic E-state index is -0.139. The topological polar surface area (TPSA) is 40.6 Å². The molecule has 3 aromatic rings. The van der Waals surface area contributed by atoms with Gasteiger partial charge in [0.25, 0.3) is 5.91 Å². The van der Waals surface area contributed by atoms with Gasteiger partial charge in [-0.2, -0.15) is 0 Å². The maximum atomic E-state index is 13.6. The van der Waals surface area contributed by atoms with Crippen LogP contribution in [0.3, 0.4) is 0 Å². The quantitative estimate of drug-likeness (QED) is 0.364. The molecular formula is C29H32N2O2S. The summed E-state index contributed by atoms with van der Waals surface area (Å²) in [6, 6.07) is 20.0. The third kappa shape index (κ3) is 5.31. The number of carbonyl (C=O) groups is 2. The number of fused-ring (bicyclic) bond motifs is 1. The number of unbranched alkanes of at least 4 members (excludes halogenated alkanes) is 1. The molecule has 0 saturated carbocycles. The first-order valence-electron chi connectivity index (χ1n) is 12.0.